The van der Waals surface area contributed by atoms with Crippen molar-refractivity contribution in [2.75, 3.05) is 26.2 Å². The number of hydrogen-bond acceptors (Lipinski definition) is 6. The van der Waals surface area contributed by atoms with Crippen LogP contribution in [0.1, 0.15) is 21.6 Å². The topological polar surface area (TPSA) is 80.0 Å². The van der Waals surface area contributed by atoms with Crippen LogP contribution in [0.2, 0.25) is 0 Å². The number of pyridine rings is 1. The van der Waals surface area contributed by atoms with Gasteiger partial charge >= 0.3 is 0 Å². The fourth-order valence-corrected chi connectivity index (χ4v) is 4.67. The number of nitrogens with zero attached hydrogens (tertiary/aromatic N) is 7. The van der Waals surface area contributed by atoms with E-state index < -0.39 is 0 Å². The highest BCUT2D eigenvalue weighted by atomic mass is 16.2. The Morgan fingerprint density at radius 2 is 1.89 bits per heavy atom. The van der Waals surface area contributed by atoms with Crippen LogP contribution in [0.4, 0.5) is 0 Å². The summed E-state index contributed by atoms with van der Waals surface area (Å²) in [5.41, 5.74) is 4.52. The van der Waals surface area contributed by atoms with E-state index in [9.17, 15) is 4.79 Å². The van der Waals surface area contributed by atoms with Crippen LogP contribution in [-0.2, 0) is 20.0 Å². The van der Waals surface area contributed by atoms with Gasteiger partial charge in [-0.2, -0.15) is 5.10 Å². The van der Waals surface area contributed by atoms with Gasteiger partial charge in [0.1, 0.15) is 0 Å². The Morgan fingerprint density at radius 1 is 1.00 bits per heavy atom. The molecule has 3 aromatic heterocycles. The minimum Gasteiger partial charge on any atom is -0.337 e. The highest BCUT2D eigenvalue weighted by molar-refractivity contribution is 5.95. The van der Waals surface area contributed by atoms with Gasteiger partial charge in [-0.25, -0.2) is 0 Å². The molecule has 178 valence electrons. The zero-order valence-corrected chi connectivity index (χ0v) is 19.9. The molecular formula is C27H29N7O. The van der Waals surface area contributed by atoms with Gasteiger partial charge in [0.2, 0.25) is 0 Å². The zero-order chi connectivity index (χ0) is 24.0. The van der Waals surface area contributed by atoms with Crippen LogP contribution in [0.15, 0.2) is 79.6 Å². The SMILES string of the molecule is Cn1cc(-c2cc(C(=O)N3CCN(Cc4ccccc4)CC(Cc4cnccn4)C3)ccn2)cn1. The molecule has 0 saturated carbocycles. The molecule has 1 atom stereocenters. The molecule has 0 N–H and O–H groups in total. The van der Waals surface area contributed by atoms with Crippen LogP contribution < -0.4 is 0 Å². The second kappa shape index (κ2) is 10.6. The zero-order valence-electron chi connectivity index (χ0n) is 19.9. The lowest BCUT2D eigenvalue weighted by atomic mass is 10.0. The van der Waals surface area contributed by atoms with Crippen LogP contribution in [-0.4, -0.2) is 66.6 Å². The van der Waals surface area contributed by atoms with Crippen LogP contribution in [0.25, 0.3) is 11.3 Å². The third-order valence-corrected chi connectivity index (χ3v) is 6.34. The Balaban J connectivity index is 1.36. The predicted octanol–water partition coefficient (Wildman–Crippen LogP) is 3.09. The van der Waals surface area contributed by atoms with Crippen molar-refractivity contribution in [2.24, 2.45) is 13.0 Å². The van der Waals surface area contributed by atoms with E-state index >= 15 is 0 Å². The Kier molecular flexibility index (Phi) is 6.90. The average molecular weight is 468 g/mol. The fourth-order valence-electron chi connectivity index (χ4n) is 4.67. The van der Waals surface area contributed by atoms with Gasteiger partial charge in [0.15, 0.2) is 0 Å². The number of rotatable bonds is 6. The first kappa shape index (κ1) is 22.9. The van der Waals surface area contributed by atoms with Crippen LogP contribution in [0.5, 0.6) is 0 Å². The summed E-state index contributed by atoms with van der Waals surface area (Å²) in [6, 6.07) is 14.2. The molecular weight excluding hydrogens is 438 g/mol. The Bertz CT molecular complexity index is 1260. The molecule has 1 fully saturated rings. The third kappa shape index (κ3) is 5.78. The quantitative estimate of drug-likeness (QED) is 0.434. The fraction of sp³-hybridized carbons (Fsp3) is 0.296. The minimum absolute atomic E-state index is 0.0308. The molecule has 35 heavy (non-hydrogen) atoms. The van der Waals surface area contributed by atoms with Gasteiger partial charge in [-0.15, -0.1) is 0 Å². The van der Waals surface area contributed by atoms with Gasteiger partial charge in [-0.05, 0) is 30.0 Å². The monoisotopic (exact) mass is 467 g/mol. The number of hydrogen-bond donors (Lipinski definition) is 0. The van der Waals surface area contributed by atoms with Crippen molar-refractivity contribution in [2.45, 2.75) is 13.0 Å². The van der Waals surface area contributed by atoms with Crippen molar-refractivity contribution < 1.29 is 4.79 Å². The molecule has 0 radical (unpaired) electrons. The van der Waals surface area contributed by atoms with Gasteiger partial charge in [0, 0.05) is 81.9 Å². The summed E-state index contributed by atoms with van der Waals surface area (Å²) in [7, 11) is 1.87. The first-order valence-corrected chi connectivity index (χ1v) is 11.9. The van der Waals surface area contributed by atoms with Crippen molar-refractivity contribution in [3.8, 4) is 11.3 Å². The smallest absolute Gasteiger partial charge is 0.254 e. The van der Waals surface area contributed by atoms with E-state index in [0.29, 0.717) is 18.7 Å². The second-order valence-corrected chi connectivity index (χ2v) is 9.07. The lowest BCUT2D eigenvalue weighted by Crippen LogP contribution is -2.36. The number of benzene rings is 1. The van der Waals surface area contributed by atoms with E-state index in [1.165, 1.54) is 5.56 Å². The van der Waals surface area contributed by atoms with Gasteiger partial charge in [0.05, 0.1) is 17.6 Å². The third-order valence-electron chi connectivity index (χ3n) is 6.34. The number of amides is 1. The van der Waals surface area contributed by atoms with Gasteiger partial charge < -0.3 is 4.90 Å². The van der Waals surface area contributed by atoms with E-state index in [-0.39, 0.29) is 11.8 Å². The van der Waals surface area contributed by atoms with E-state index in [1.54, 1.807) is 35.5 Å². The molecule has 8 heteroatoms. The van der Waals surface area contributed by atoms with Crippen molar-refractivity contribution in [3.05, 3.63) is 96.5 Å². The summed E-state index contributed by atoms with van der Waals surface area (Å²) < 4.78 is 1.73. The normalized spacial score (nSPS) is 16.7. The summed E-state index contributed by atoms with van der Waals surface area (Å²) in [6.07, 6.45) is 11.4. The summed E-state index contributed by atoms with van der Waals surface area (Å²) in [5.74, 6) is 0.282. The highest BCUT2D eigenvalue weighted by Crippen LogP contribution is 2.21. The first-order valence-electron chi connectivity index (χ1n) is 11.9. The second-order valence-electron chi connectivity index (χ2n) is 9.07. The highest BCUT2D eigenvalue weighted by Gasteiger charge is 2.27. The molecule has 0 bridgehead atoms. The molecule has 0 aliphatic carbocycles. The lowest BCUT2D eigenvalue weighted by Gasteiger charge is -2.24. The van der Waals surface area contributed by atoms with Gasteiger partial charge in [-0.3, -0.25) is 29.3 Å². The maximum Gasteiger partial charge on any atom is 0.254 e. The Hall–Kier alpha value is -3.91. The Labute approximate surface area is 205 Å². The Morgan fingerprint density at radius 3 is 2.66 bits per heavy atom. The summed E-state index contributed by atoms with van der Waals surface area (Å²) in [4.78, 5) is 31.2. The molecule has 0 spiro atoms. The van der Waals surface area contributed by atoms with E-state index in [0.717, 1.165) is 43.0 Å². The molecule has 4 heterocycles. The maximum absolute atomic E-state index is 13.6. The molecule has 1 saturated heterocycles. The minimum atomic E-state index is 0.0308. The molecule has 4 aromatic rings. The number of aromatic nitrogens is 5. The summed E-state index contributed by atoms with van der Waals surface area (Å²) >= 11 is 0. The summed E-state index contributed by atoms with van der Waals surface area (Å²) in [5, 5.41) is 4.23. The number of carbonyl (C=O) groups excluding carboxylic acids is 1. The molecule has 5 rings (SSSR count). The van der Waals surface area contributed by atoms with Crippen LogP contribution in [0.3, 0.4) is 0 Å². The standard InChI is InChI=1S/C27H29N7O/c1-32-20-24(15-31-32)26-14-23(7-8-30-26)27(35)34-12-11-33(17-21-5-3-2-4-6-21)18-22(19-34)13-25-16-28-9-10-29-25/h2-10,14-16,20,22H,11-13,17-19H2,1H3. The van der Waals surface area contributed by atoms with Crippen LogP contribution in [0, 0.1) is 5.92 Å². The van der Waals surface area contributed by atoms with Crippen LogP contribution >= 0.6 is 0 Å². The van der Waals surface area contributed by atoms with Crippen molar-refractivity contribution in [1.29, 1.82) is 0 Å². The van der Waals surface area contributed by atoms with E-state index in [1.807, 2.05) is 36.5 Å². The van der Waals surface area contributed by atoms with Crippen molar-refractivity contribution >= 4 is 5.91 Å². The molecule has 1 aliphatic heterocycles. The molecule has 8 nitrogen and oxygen atoms in total. The number of aryl methyl sites for hydroxylation is 1. The first-order chi connectivity index (χ1) is 17.1. The van der Waals surface area contributed by atoms with Crippen molar-refractivity contribution in [3.63, 3.8) is 0 Å². The van der Waals surface area contributed by atoms with Gasteiger partial charge in [0.25, 0.3) is 5.91 Å². The molecule has 1 amide bonds. The van der Waals surface area contributed by atoms with Crippen molar-refractivity contribution in [1.82, 2.24) is 34.5 Å². The summed E-state index contributed by atoms with van der Waals surface area (Å²) in [6.45, 7) is 3.92. The lowest BCUT2D eigenvalue weighted by molar-refractivity contribution is 0.0745. The molecule has 1 aliphatic rings. The predicted molar refractivity (Wildman–Crippen MR) is 133 cm³/mol. The van der Waals surface area contributed by atoms with Gasteiger partial charge in [-0.1, -0.05) is 30.3 Å². The maximum atomic E-state index is 13.6. The number of carbonyl (C=O) groups is 1. The van der Waals surface area contributed by atoms with E-state index in [2.05, 4.69) is 49.2 Å². The largest absolute Gasteiger partial charge is 0.337 e. The average Bonchev–Trinajstić information content (AvgIpc) is 3.23. The molecule has 1 aromatic carbocycles. The van der Waals surface area contributed by atoms with E-state index in [4.69, 9.17) is 0 Å². The molecule has 1 unspecified atom stereocenters.